The maximum absolute atomic E-state index is 14.0. The number of esters is 3. The van der Waals surface area contributed by atoms with Gasteiger partial charge in [0.2, 0.25) is 0 Å². The molecule has 47 heavy (non-hydrogen) atoms. The van der Waals surface area contributed by atoms with Gasteiger partial charge in [0.15, 0.2) is 35.6 Å². The average molecular weight is 663 g/mol. The van der Waals surface area contributed by atoms with E-state index in [1.807, 2.05) is 6.07 Å². The van der Waals surface area contributed by atoms with Crippen LogP contribution in [0.25, 0.3) is 0 Å². The molecule has 2 aromatic rings. The maximum atomic E-state index is 14.0. The highest BCUT2D eigenvalue weighted by molar-refractivity contribution is 6.02. The Morgan fingerprint density at radius 1 is 0.660 bits per heavy atom. The Morgan fingerprint density at radius 3 is 1.77 bits per heavy atom. The highest BCUT2D eigenvalue weighted by atomic mass is 16.7. The molecule has 1 heterocycles. The van der Waals surface area contributed by atoms with Crippen LogP contribution in [-0.4, -0.2) is 97.4 Å². The molecule has 0 bridgehead atoms. The molecule has 0 aromatic heterocycles. The second-order valence-electron chi connectivity index (χ2n) is 10.5. The summed E-state index contributed by atoms with van der Waals surface area (Å²) in [7, 11) is 8.60. The van der Waals surface area contributed by atoms with Crippen LogP contribution in [0.5, 0.6) is 28.7 Å². The quantitative estimate of drug-likeness (QED) is 0.155. The van der Waals surface area contributed by atoms with Crippen LogP contribution in [0.15, 0.2) is 24.3 Å². The monoisotopic (exact) mass is 662 g/mol. The van der Waals surface area contributed by atoms with E-state index in [2.05, 4.69) is 0 Å². The second-order valence-corrected chi connectivity index (χ2v) is 10.5. The van der Waals surface area contributed by atoms with Gasteiger partial charge in [0.25, 0.3) is 0 Å². The molecule has 5 atom stereocenters. The molecule has 0 N–H and O–H groups in total. The number of rotatable bonds is 15. The topological polar surface area (TPSA) is 161 Å². The first-order valence-electron chi connectivity index (χ1n) is 14.7. The molecule has 1 aliphatic rings. The van der Waals surface area contributed by atoms with Crippen molar-refractivity contribution in [1.29, 1.82) is 0 Å². The van der Waals surface area contributed by atoms with Crippen molar-refractivity contribution in [3.8, 4) is 28.7 Å². The van der Waals surface area contributed by atoms with Gasteiger partial charge in [-0.05, 0) is 24.1 Å². The zero-order valence-corrected chi connectivity index (χ0v) is 28.0. The third-order valence-corrected chi connectivity index (χ3v) is 7.41. The van der Waals surface area contributed by atoms with Gasteiger partial charge in [0, 0.05) is 40.4 Å². The van der Waals surface area contributed by atoms with E-state index in [1.54, 1.807) is 12.1 Å². The normalized spacial score (nSPS) is 20.4. The van der Waals surface area contributed by atoms with Crippen molar-refractivity contribution in [3.63, 3.8) is 0 Å². The van der Waals surface area contributed by atoms with E-state index in [0.29, 0.717) is 17.9 Å². The summed E-state index contributed by atoms with van der Waals surface area (Å²) < 4.78 is 56.5. The first-order chi connectivity index (χ1) is 22.4. The Bertz CT molecular complexity index is 1440. The number of aryl methyl sites for hydroxylation is 1. The molecule has 0 amide bonds. The van der Waals surface area contributed by atoms with Crippen LogP contribution < -0.4 is 23.7 Å². The summed E-state index contributed by atoms with van der Waals surface area (Å²) in [6.07, 6.45) is -5.90. The summed E-state index contributed by atoms with van der Waals surface area (Å²) >= 11 is 0. The Balaban J connectivity index is 2.20. The van der Waals surface area contributed by atoms with Crippen LogP contribution in [0.3, 0.4) is 0 Å². The van der Waals surface area contributed by atoms with Crippen molar-refractivity contribution in [2.24, 2.45) is 0 Å². The largest absolute Gasteiger partial charge is 0.496 e. The summed E-state index contributed by atoms with van der Waals surface area (Å²) in [6, 6.07) is 6.84. The fraction of sp³-hybridized carbons (Fsp3) is 0.515. The summed E-state index contributed by atoms with van der Waals surface area (Å²) in [5.41, 5.74) is 1.05. The number of ether oxygens (including phenoxy) is 10. The first-order valence-corrected chi connectivity index (χ1v) is 14.7. The lowest BCUT2D eigenvalue weighted by molar-refractivity contribution is -0.254. The first kappa shape index (κ1) is 36.9. The molecule has 0 unspecified atom stereocenters. The van der Waals surface area contributed by atoms with Crippen LogP contribution in [0.1, 0.15) is 54.8 Å². The third kappa shape index (κ3) is 8.63. The number of benzene rings is 2. The Morgan fingerprint density at radius 2 is 1.23 bits per heavy atom. The molecular formula is C33H42O14. The lowest BCUT2D eigenvalue weighted by Crippen LogP contribution is -2.59. The van der Waals surface area contributed by atoms with Crippen LogP contribution in [0, 0.1) is 0 Å². The van der Waals surface area contributed by atoms with Crippen molar-refractivity contribution in [1.82, 2.24) is 0 Å². The molecule has 1 aliphatic heterocycles. The number of Topliss-reactive ketones (excluding diaryl/α,β-unsaturated/α-hetero) is 1. The molecule has 1 fully saturated rings. The summed E-state index contributed by atoms with van der Waals surface area (Å²) in [6.45, 7) is 3.39. The Hall–Kier alpha value is -4.56. The van der Waals surface area contributed by atoms with Crippen molar-refractivity contribution >= 4 is 23.7 Å². The van der Waals surface area contributed by atoms with Crippen molar-refractivity contribution in [3.05, 3.63) is 41.0 Å². The Kier molecular flexibility index (Phi) is 13.2. The van der Waals surface area contributed by atoms with Gasteiger partial charge in [0.1, 0.15) is 35.0 Å². The van der Waals surface area contributed by atoms with Gasteiger partial charge in [-0.25, -0.2) is 0 Å². The smallest absolute Gasteiger partial charge is 0.303 e. The Labute approximate surface area is 273 Å². The van der Waals surface area contributed by atoms with Crippen LogP contribution in [0.4, 0.5) is 0 Å². The zero-order valence-electron chi connectivity index (χ0n) is 28.0. The fourth-order valence-corrected chi connectivity index (χ4v) is 5.55. The van der Waals surface area contributed by atoms with Gasteiger partial charge in [-0.2, -0.15) is 0 Å². The molecule has 14 heteroatoms. The zero-order chi connectivity index (χ0) is 34.8. The van der Waals surface area contributed by atoms with Crippen LogP contribution in [-0.2, 0) is 44.5 Å². The minimum Gasteiger partial charge on any atom is -0.496 e. The lowest BCUT2D eigenvalue weighted by Gasteiger charge is -2.45. The van der Waals surface area contributed by atoms with Gasteiger partial charge in [-0.15, -0.1) is 0 Å². The number of carbonyl (C=O) groups is 4. The van der Waals surface area contributed by atoms with E-state index in [9.17, 15) is 19.2 Å². The van der Waals surface area contributed by atoms with Crippen molar-refractivity contribution < 1.29 is 66.5 Å². The SMILES string of the molecule is COC[C@H]1O[C@@H](c2c(OC)cc(OC)c(C(=O)CCc3ccc(OC)c(OC)c3)c2OC)[C@H](OC(C)=O)[C@@H](OC(C)=O)[C@@H]1OC(C)=O. The molecule has 0 spiro atoms. The maximum Gasteiger partial charge on any atom is 0.303 e. The van der Waals surface area contributed by atoms with Gasteiger partial charge < -0.3 is 47.4 Å². The number of methoxy groups -OCH3 is 6. The van der Waals surface area contributed by atoms with Crippen molar-refractivity contribution in [2.45, 2.75) is 64.1 Å². The predicted octanol–water partition coefficient (Wildman–Crippen LogP) is 3.43. The molecule has 1 saturated heterocycles. The molecule has 14 nitrogen and oxygen atoms in total. The van der Waals surface area contributed by atoms with Gasteiger partial charge in [-0.1, -0.05) is 6.07 Å². The van der Waals surface area contributed by atoms with Crippen molar-refractivity contribution in [2.75, 3.05) is 49.3 Å². The highest BCUT2D eigenvalue weighted by Gasteiger charge is 2.54. The predicted molar refractivity (Wildman–Crippen MR) is 164 cm³/mol. The number of carbonyl (C=O) groups excluding carboxylic acids is 4. The standard InChI is InChI=1S/C33H42O14/c1-17(34)44-29-26(16-38-4)47-31(33(46-19(3)36)32(29)45-18(2)35)28-25(42-8)15-24(41-7)27(30(28)43-9)21(37)12-10-20-11-13-22(39-5)23(14-20)40-6/h11,13-15,26,29,31-33H,10,12,16H2,1-9H3/t26-,29-,31+,32+,33+/m1/s1. The lowest BCUT2D eigenvalue weighted by atomic mass is 9.87. The molecular weight excluding hydrogens is 620 g/mol. The van der Waals surface area contributed by atoms with E-state index in [1.165, 1.54) is 55.6 Å². The van der Waals surface area contributed by atoms with Crippen LogP contribution in [0.2, 0.25) is 0 Å². The second kappa shape index (κ2) is 16.8. The van der Waals surface area contributed by atoms with E-state index in [0.717, 1.165) is 19.4 Å². The minimum absolute atomic E-state index is 0.0179. The van der Waals surface area contributed by atoms with Crippen LogP contribution >= 0.6 is 0 Å². The van der Waals surface area contributed by atoms with Gasteiger partial charge in [-0.3, -0.25) is 19.2 Å². The summed E-state index contributed by atoms with van der Waals surface area (Å²) in [5.74, 6) is -1.13. The minimum atomic E-state index is -1.39. The molecule has 258 valence electrons. The summed E-state index contributed by atoms with van der Waals surface area (Å²) in [4.78, 5) is 50.9. The average Bonchev–Trinajstić information content (AvgIpc) is 3.04. The summed E-state index contributed by atoms with van der Waals surface area (Å²) in [5, 5.41) is 0. The molecule has 3 rings (SSSR count). The molecule has 0 radical (unpaired) electrons. The third-order valence-electron chi connectivity index (χ3n) is 7.41. The van der Waals surface area contributed by atoms with Gasteiger partial charge >= 0.3 is 17.9 Å². The highest BCUT2D eigenvalue weighted by Crippen LogP contribution is 2.49. The van der Waals surface area contributed by atoms with E-state index in [4.69, 9.17) is 47.4 Å². The molecule has 0 saturated carbocycles. The number of hydrogen-bond donors (Lipinski definition) is 0. The fourth-order valence-electron chi connectivity index (χ4n) is 5.55. The number of hydrogen-bond acceptors (Lipinski definition) is 14. The number of ketones is 1. The molecule has 0 aliphatic carbocycles. The van der Waals surface area contributed by atoms with E-state index in [-0.39, 0.29) is 47.2 Å². The molecule has 2 aromatic carbocycles. The van der Waals surface area contributed by atoms with E-state index >= 15 is 0 Å². The van der Waals surface area contributed by atoms with E-state index < -0.39 is 48.4 Å². The van der Waals surface area contributed by atoms with Gasteiger partial charge in [0.05, 0.1) is 47.7 Å².